The first kappa shape index (κ1) is 15.8. The number of fused-ring (bicyclic) bond motifs is 1. The maximum atomic E-state index is 12.2. The van der Waals surface area contributed by atoms with Crippen molar-refractivity contribution in [2.75, 3.05) is 5.32 Å². The number of anilines is 1. The average molecular weight is 392 g/mol. The lowest BCUT2D eigenvalue weighted by molar-refractivity contribution is 0.102. The highest BCUT2D eigenvalue weighted by Crippen LogP contribution is 2.36. The van der Waals surface area contributed by atoms with Crippen LogP contribution < -0.4 is 5.32 Å². The summed E-state index contributed by atoms with van der Waals surface area (Å²) >= 11 is 25.2. The summed E-state index contributed by atoms with van der Waals surface area (Å²) in [6.45, 7) is 0. The number of carbonyl (C=O) groups is 1. The van der Waals surface area contributed by atoms with Gasteiger partial charge in [-0.1, -0.05) is 57.7 Å². The van der Waals surface area contributed by atoms with Gasteiger partial charge in [0.25, 0.3) is 5.91 Å². The summed E-state index contributed by atoms with van der Waals surface area (Å²) in [7, 11) is 0. The van der Waals surface area contributed by atoms with Gasteiger partial charge in [0, 0.05) is 15.6 Å². The fourth-order valence-electron chi connectivity index (χ4n) is 1.85. The number of hydrogen-bond acceptors (Lipinski definition) is 3. The van der Waals surface area contributed by atoms with Gasteiger partial charge in [0.1, 0.15) is 5.52 Å². The molecule has 3 aromatic rings. The smallest absolute Gasteiger partial charge is 0.257 e. The van der Waals surface area contributed by atoms with E-state index in [1.807, 2.05) is 0 Å². The molecule has 1 N–H and O–H groups in total. The Kier molecular flexibility index (Phi) is 4.48. The van der Waals surface area contributed by atoms with Crippen molar-refractivity contribution < 1.29 is 4.79 Å². The van der Waals surface area contributed by atoms with E-state index in [2.05, 4.69) is 10.3 Å². The second kappa shape index (κ2) is 6.22. The van der Waals surface area contributed by atoms with Crippen LogP contribution in [0.15, 0.2) is 30.3 Å². The van der Waals surface area contributed by atoms with Gasteiger partial charge in [0.2, 0.25) is 0 Å². The molecule has 0 saturated carbocycles. The maximum Gasteiger partial charge on any atom is 0.257 e. The van der Waals surface area contributed by atoms with Crippen molar-refractivity contribution in [1.29, 1.82) is 0 Å². The van der Waals surface area contributed by atoms with Gasteiger partial charge in [0.15, 0.2) is 5.13 Å². The molecule has 0 aliphatic heterocycles. The van der Waals surface area contributed by atoms with Gasteiger partial charge in [-0.25, -0.2) is 4.98 Å². The molecule has 1 amide bonds. The molecule has 112 valence electrons. The minimum Gasteiger partial charge on any atom is -0.298 e. The number of aromatic nitrogens is 1. The minimum atomic E-state index is -0.365. The first-order valence-electron chi connectivity index (χ1n) is 5.96. The van der Waals surface area contributed by atoms with Crippen molar-refractivity contribution in [3.8, 4) is 0 Å². The summed E-state index contributed by atoms with van der Waals surface area (Å²) in [5.74, 6) is -0.365. The monoisotopic (exact) mass is 390 g/mol. The molecule has 0 saturated heterocycles. The first-order valence-corrected chi connectivity index (χ1v) is 8.29. The molecule has 0 spiro atoms. The molecule has 0 fully saturated rings. The molecule has 22 heavy (non-hydrogen) atoms. The zero-order chi connectivity index (χ0) is 15.9. The highest BCUT2D eigenvalue weighted by atomic mass is 35.5. The largest absolute Gasteiger partial charge is 0.298 e. The molecule has 2 aromatic carbocycles. The van der Waals surface area contributed by atoms with Crippen LogP contribution in [-0.2, 0) is 0 Å². The van der Waals surface area contributed by atoms with Crippen LogP contribution in [0.25, 0.3) is 10.2 Å². The quantitative estimate of drug-likeness (QED) is 0.568. The Bertz CT molecular complexity index is 835. The van der Waals surface area contributed by atoms with Crippen LogP contribution in [0.2, 0.25) is 20.1 Å². The van der Waals surface area contributed by atoms with Crippen molar-refractivity contribution in [3.63, 3.8) is 0 Å². The highest BCUT2D eigenvalue weighted by Gasteiger charge is 2.14. The highest BCUT2D eigenvalue weighted by molar-refractivity contribution is 7.23. The van der Waals surface area contributed by atoms with E-state index in [0.717, 1.165) is 0 Å². The molecule has 0 unspecified atom stereocenters. The maximum absolute atomic E-state index is 12.2. The van der Waals surface area contributed by atoms with Gasteiger partial charge in [-0.2, -0.15) is 0 Å². The van der Waals surface area contributed by atoms with Gasteiger partial charge in [-0.05, 0) is 30.3 Å². The Balaban J connectivity index is 1.94. The number of hydrogen-bond donors (Lipinski definition) is 1. The summed E-state index contributed by atoms with van der Waals surface area (Å²) < 4.78 is 0.716. The van der Waals surface area contributed by atoms with E-state index in [1.54, 1.807) is 18.2 Å². The van der Waals surface area contributed by atoms with Crippen LogP contribution in [0.4, 0.5) is 5.13 Å². The summed E-state index contributed by atoms with van der Waals surface area (Å²) in [6.07, 6.45) is 0. The number of carbonyl (C=O) groups excluding carboxylic acids is 1. The lowest BCUT2D eigenvalue weighted by atomic mass is 10.2. The third-order valence-electron chi connectivity index (χ3n) is 2.79. The molecule has 8 heteroatoms. The molecule has 0 bridgehead atoms. The average Bonchev–Trinajstić information content (AvgIpc) is 2.87. The normalized spacial score (nSPS) is 10.9. The number of amides is 1. The Hall–Kier alpha value is -1.04. The third-order valence-corrected chi connectivity index (χ3v) is 4.96. The van der Waals surface area contributed by atoms with E-state index in [9.17, 15) is 4.79 Å². The van der Waals surface area contributed by atoms with E-state index in [4.69, 9.17) is 46.4 Å². The number of nitrogens with one attached hydrogen (secondary N) is 1. The molecule has 1 heterocycles. The van der Waals surface area contributed by atoms with Gasteiger partial charge >= 0.3 is 0 Å². The molecule has 0 atom stereocenters. The lowest BCUT2D eigenvalue weighted by Crippen LogP contribution is -2.11. The van der Waals surface area contributed by atoms with E-state index < -0.39 is 0 Å². The molecular weight excluding hydrogens is 386 g/mol. The minimum absolute atomic E-state index is 0.342. The number of thiazole rings is 1. The SMILES string of the molecule is O=C(Nc1nc2c(Cl)ccc(Cl)c2s1)c1cc(Cl)cc(Cl)c1. The summed E-state index contributed by atoms with van der Waals surface area (Å²) in [4.78, 5) is 16.5. The Morgan fingerprint density at radius 1 is 1.00 bits per heavy atom. The van der Waals surface area contributed by atoms with Crippen molar-refractivity contribution in [3.05, 3.63) is 56.0 Å². The summed E-state index contributed by atoms with van der Waals surface area (Å²) in [5.41, 5.74) is 0.896. The molecular formula is C14H6Cl4N2OS. The van der Waals surface area contributed by atoms with E-state index >= 15 is 0 Å². The second-order valence-electron chi connectivity index (χ2n) is 4.34. The van der Waals surface area contributed by atoms with Crippen LogP contribution in [0.3, 0.4) is 0 Å². The summed E-state index contributed by atoms with van der Waals surface area (Å²) in [5, 5.41) is 4.85. The van der Waals surface area contributed by atoms with E-state index in [1.165, 1.54) is 23.5 Å². The number of nitrogens with zero attached hydrogens (tertiary/aromatic N) is 1. The zero-order valence-electron chi connectivity index (χ0n) is 10.7. The molecule has 0 aliphatic rings. The number of rotatable bonds is 2. The van der Waals surface area contributed by atoms with Crippen molar-refractivity contribution in [1.82, 2.24) is 4.98 Å². The molecule has 3 rings (SSSR count). The predicted molar refractivity (Wildman–Crippen MR) is 94.1 cm³/mol. The van der Waals surface area contributed by atoms with Crippen LogP contribution >= 0.6 is 57.7 Å². The first-order chi connectivity index (χ1) is 10.4. The van der Waals surface area contributed by atoms with Crippen LogP contribution in [0.1, 0.15) is 10.4 Å². The Labute approximate surface area is 149 Å². The fraction of sp³-hybridized carbons (Fsp3) is 0. The summed E-state index contributed by atoms with van der Waals surface area (Å²) in [6, 6.07) is 7.95. The van der Waals surface area contributed by atoms with Crippen LogP contribution in [0, 0.1) is 0 Å². The standard InChI is InChI=1S/C14H6Cl4N2OS/c15-7-3-6(4-8(16)5-7)13(21)20-14-19-11-9(17)1-2-10(18)12(11)22-14/h1-5H,(H,19,20,21). The van der Waals surface area contributed by atoms with Gasteiger partial charge in [0.05, 0.1) is 14.7 Å². The molecule has 1 aromatic heterocycles. The van der Waals surface area contributed by atoms with Crippen molar-refractivity contribution in [2.24, 2.45) is 0 Å². The lowest BCUT2D eigenvalue weighted by Gasteiger charge is -2.02. The van der Waals surface area contributed by atoms with E-state index in [-0.39, 0.29) is 5.91 Å². The van der Waals surface area contributed by atoms with E-state index in [0.29, 0.717) is 41.0 Å². The molecule has 0 radical (unpaired) electrons. The second-order valence-corrected chi connectivity index (χ2v) is 7.02. The number of halogens is 4. The predicted octanol–water partition coefficient (Wildman–Crippen LogP) is 6.16. The fourth-order valence-corrected chi connectivity index (χ4v) is 3.79. The van der Waals surface area contributed by atoms with Crippen molar-refractivity contribution in [2.45, 2.75) is 0 Å². The molecule has 0 aliphatic carbocycles. The van der Waals surface area contributed by atoms with Crippen LogP contribution in [0.5, 0.6) is 0 Å². The zero-order valence-corrected chi connectivity index (χ0v) is 14.5. The van der Waals surface area contributed by atoms with Gasteiger partial charge in [-0.15, -0.1) is 0 Å². The van der Waals surface area contributed by atoms with Gasteiger partial charge < -0.3 is 0 Å². The van der Waals surface area contributed by atoms with Gasteiger partial charge in [-0.3, -0.25) is 10.1 Å². The Morgan fingerprint density at radius 2 is 1.64 bits per heavy atom. The third kappa shape index (κ3) is 3.16. The van der Waals surface area contributed by atoms with Crippen LogP contribution in [-0.4, -0.2) is 10.9 Å². The molecule has 3 nitrogen and oxygen atoms in total. The number of benzene rings is 2. The topological polar surface area (TPSA) is 42.0 Å². The van der Waals surface area contributed by atoms with Crippen molar-refractivity contribution >= 4 is 79.0 Å². The Morgan fingerprint density at radius 3 is 2.27 bits per heavy atom.